The molecule has 1 atom stereocenters. The quantitative estimate of drug-likeness (QED) is 0.705. The van der Waals surface area contributed by atoms with E-state index < -0.39 is 5.60 Å². The Morgan fingerprint density at radius 3 is 2.17 bits per heavy atom. The van der Waals surface area contributed by atoms with E-state index in [-0.39, 0.29) is 0 Å². The Morgan fingerprint density at radius 1 is 1.00 bits per heavy atom. The van der Waals surface area contributed by atoms with Gasteiger partial charge in [-0.2, -0.15) is 0 Å². The number of hydrogen-bond donors (Lipinski definition) is 2. The van der Waals surface area contributed by atoms with Crippen molar-refractivity contribution < 1.29 is 5.11 Å². The van der Waals surface area contributed by atoms with E-state index in [1.54, 1.807) is 0 Å². The molecule has 3 heteroatoms. The monoisotopic (exact) mass is 329 g/mol. The van der Waals surface area contributed by atoms with E-state index >= 15 is 0 Å². The molecule has 0 aliphatic heterocycles. The SMILES string of the molecule is CC(C)CCSc1ccc(C(O)(CCN)c2ccccc2)cc1. The summed E-state index contributed by atoms with van der Waals surface area (Å²) in [5.41, 5.74) is 6.53. The first kappa shape index (κ1) is 18.1. The van der Waals surface area contributed by atoms with E-state index in [0.717, 1.165) is 22.8 Å². The number of hydrogen-bond acceptors (Lipinski definition) is 3. The highest BCUT2D eigenvalue weighted by Gasteiger charge is 2.30. The first-order valence-corrected chi connectivity index (χ1v) is 9.26. The van der Waals surface area contributed by atoms with Crippen molar-refractivity contribution in [2.24, 2.45) is 11.7 Å². The van der Waals surface area contributed by atoms with Gasteiger partial charge in [-0.15, -0.1) is 11.8 Å². The minimum Gasteiger partial charge on any atom is -0.380 e. The largest absolute Gasteiger partial charge is 0.380 e. The predicted octanol–water partition coefficient (Wildman–Crippen LogP) is 4.41. The second-order valence-corrected chi connectivity index (χ2v) is 7.49. The molecule has 2 rings (SSSR count). The lowest BCUT2D eigenvalue weighted by atomic mass is 9.84. The molecule has 0 radical (unpaired) electrons. The molecule has 0 aliphatic rings. The highest BCUT2D eigenvalue weighted by atomic mass is 32.2. The molecule has 0 saturated carbocycles. The van der Waals surface area contributed by atoms with Crippen LogP contribution in [0.4, 0.5) is 0 Å². The molecule has 0 bridgehead atoms. The van der Waals surface area contributed by atoms with E-state index in [0.29, 0.717) is 13.0 Å². The van der Waals surface area contributed by atoms with E-state index in [1.807, 2.05) is 54.2 Å². The van der Waals surface area contributed by atoms with Crippen molar-refractivity contribution in [3.63, 3.8) is 0 Å². The summed E-state index contributed by atoms with van der Waals surface area (Å²) in [5, 5.41) is 11.2. The van der Waals surface area contributed by atoms with Gasteiger partial charge in [-0.1, -0.05) is 56.3 Å². The van der Waals surface area contributed by atoms with E-state index in [1.165, 1.54) is 11.3 Å². The van der Waals surface area contributed by atoms with Crippen molar-refractivity contribution in [3.05, 3.63) is 65.7 Å². The van der Waals surface area contributed by atoms with Crippen LogP contribution in [0.15, 0.2) is 59.5 Å². The van der Waals surface area contributed by atoms with Crippen LogP contribution in [0.25, 0.3) is 0 Å². The first-order chi connectivity index (χ1) is 11.1. The fraction of sp³-hybridized carbons (Fsp3) is 0.400. The van der Waals surface area contributed by atoms with Crippen LogP contribution < -0.4 is 5.73 Å². The Kier molecular flexibility index (Phi) is 6.70. The van der Waals surface area contributed by atoms with Crippen molar-refractivity contribution >= 4 is 11.8 Å². The van der Waals surface area contributed by atoms with E-state index in [4.69, 9.17) is 5.73 Å². The van der Waals surface area contributed by atoms with Gasteiger partial charge in [-0.25, -0.2) is 0 Å². The van der Waals surface area contributed by atoms with Crippen LogP contribution >= 0.6 is 11.8 Å². The number of nitrogens with two attached hydrogens (primary N) is 1. The number of benzene rings is 2. The van der Waals surface area contributed by atoms with E-state index in [9.17, 15) is 5.11 Å². The molecule has 0 spiro atoms. The highest BCUT2D eigenvalue weighted by Crippen LogP contribution is 2.33. The molecular weight excluding hydrogens is 302 g/mol. The maximum Gasteiger partial charge on any atom is 0.116 e. The molecule has 0 saturated heterocycles. The second kappa shape index (κ2) is 8.53. The van der Waals surface area contributed by atoms with Crippen LogP contribution in [0.1, 0.15) is 37.8 Å². The third kappa shape index (κ3) is 4.84. The standard InChI is InChI=1S/C20H27NOS/c1-16(2)12-15-23-19-10-8-18(9-11-19)20(22,13-14-21)17-6-4-3-5-7-17/h3-11,16,22H,12-15,21H2,1-2H3. The topological polar surface area (TPSA) is 46.2 Å². The first-order valence-electron chi connectivity index (χ1n) is 8.27. The summed E-state index contributed by atoms with van der Waals surface area (Å²) in [4.78, 5) is 1.25. The molecule has 2 aromatic carbocycles. The summed E-state index contributed by atoms with van der Waals surface area (Å²) in [7, 11) is 0. The molecule has 124 valence electrons. The Labute approximate surface area is 144 Å². The van der Waals surface area contributed by atoms with Gasteiger partial charge in [0, 0.05) is 4.90 Å². The van der Waals surface area contributed by atoms with Crippen LogP contribution in [0, 0.1) is 5.92 Å². The Hall–Kier alpha value is -1.29. The van der Waals surface area contributed by atoms with Gasteiger partial charge in [0.1, 0.15) is 5.60 Å². The Balaban J connectivity index is 2.17. The van der Waals surface area contributed by atoms with Gasteiger partial charge in [0.25, 0.3) is 0 Å². The summed E-state index contributed by atoms with van der Waals surface area (Å²) >= 11 is 1.87. The van der Waals surface area contributed by atoms with Crippen LogP contribution in [-0.2, 0) is 5.60 Å². The number of aliphatic hydroxyl groups is 1. The normalized spacial score (nSPS) is 14.0. The zero-order valence-corrected chi connectivity index (χ0v) is 14.9. The van der Waals surface area contributed by atoms with Gasteiger partial charge in [0.05, 0.1) is 0 Å². The lowest BCUT2D eigenvalue weighted by molar-refractivity contribution is 0.0737. The van der Waals surface area contributed by atoms with E-state index in [2.05, 4.69) is 26.0 Å². The Morgan fingerprint density at radius 2 is 1.61 bits per heavy atom. The van der Waals surface area contributed by atoms with Crippen molar-refractivity contribution in [3.8, 4) is 0 Å². The molecule has 0 heterocycles. The summed E-state index contributed by atoms with van der Waals surface area (Å²) in [5.74, 6) is 1.86. The summed E-state index contributed by atoms with van der Waals surface area (Å²) in [6, 6.07) is 18.0. The molecule has 1 unspecified atom stereocenters. The van der Waals surface area contributed by atoms with Crippen molar-refractivity contribution in [2.45, 2.75) is 37.2 Å². The van der Waals surface area contributed by atoms with Gasteiger partial charge in [-0.05, 0) is 54.3 Å². The zero-order chi connectivity index (χ0) is 16.7. The molecule has 2 nitrogen and oxygen atoms in total. The molecule has 0 fully saturated rings. The lowest BCUT2D eigenvalue weighted by Gasteiger charge is -2.29. The fourth-order valence-electron chi connectivity index (χ4n) is 2.62. The zero-order valence-electron chi connectivity index (χ0n) is 14.0. The second-order valence-electron chi connectivity index (χ2n) is 6.32. The maximum atomic E-state index is 11.2. The van der Waals surface area contributed by atoms with Gasteiger partial charge < -0.3 is 10.8 Å². The Bertz CT molecular complexity index is 582. The summed E-state index contributed by atoms with van der Waals surface area (Å²) < 4.78 is 0. The molecule has 0 aliphatic carbocycles. The fourth-order valence-corrected chi connectivity index (χ4v) is 3.77. The molecule has 0 aromatic heterocycles. The third-order valence-electron chi connectivity index (χ3n) is 4.05. The van der Waals surface area contributed by atoms with Crippen molar-refractivity contribution in [2.75, 3.05) is 12.3 Å². The molecule has 3 N–H and O–H groups in total. The van der Waals surface area contributed by atoms with Crippen molar-refractivity contribution in [1.82, 2.24) is 0 Å². The van der Waals surface area contributed by atoms with Crippen LogP contribution in [0.3, 0.4) is 0 Å². The third-order valence-corrected chi connectivity index (χ3v) is 5.10. The maximum absolute atomic E-state index is 11.2. The number of thioether (sulfide) groups is 1. The average molecular weight is 330 g/mol. The minimum atomic E-state index is -1.02. The summed E-state index contributed by atoms with van der Waals surface area (Å²) in [6.45, 7) is 4.93. The molecule has 23 heavy (non-hydrogen) atoms. The number of rotatable bonds is 8. The van der Waals surface area contributed by atoms with Gasteiger partial charge in [0.15, 0.2) is 0 Å². The van der Waals surface area contributed by atoms with Gasteiger partial charge in [0.2, 0.25) is 0 Å². The average Bonchev–Trinajstić information content (AvgIpc) is 2.56. The van der Waals surface area contributed by atoms with Crippen LogP contribution in [-0.4, -0.2) is 17.4 Å². The highest BCUT2D eigenvalue weighted by molar-refractivity contribution is 7.99. The molecule has 2 aromatic rings. The van der Waals surface area contributed by atoms with Crippen molar-refractivity contribution in [1.29, 1.82) is 0 Å². The minimum absolute atomic E-state index is 0.441. The molecular formula is C20H27NOS. The van der Waals surface area contributed by atoms with Crippen LogP contribution in [0.5, 0.6) is 0 Å². The predicted molar refractivity (Wildman–Crippen MR) is 99.7 cm³/mol. The smallest absolute Gasteiger partial charge is 0.116 e. The summed E-state index contributed by atoms with van der Waals surface area (Å²) in [6.07, 6.45) is 1.73. The van der Waals surface area contributed by atoms with Gasteiger partial charge >= 0.3 is 0 Å². The van der Waals surface area contributed by atoms with Crippen LogP contribution in [0.2, 0.25) is 0 Å². The lowest BCUT2D eigenvalue weighted by Crippen LogP contribution is -2.30. The van der Waals surface area contributed by atoms with Gasteiger partial charge in [-0.3, -0.25) is 0 Å². The molecule has 0 amide bonds.